The number of benzene rings is 1. The fraction of sp³-hybridized carbons (Fsp3) is 0.312. The summed E-state index contributed by atoms with van der Waals surface area (Å²) in [6, 6.07) is 14.7. The summed E-state index contributed by atoms with van der Waals surface area (Å²) in [5, 5.41) is 0. The van der Waals surface area contributed by atoms with Crippen LogP contribution >= 0.6 is 0 Å². The van der Waals surface area contributed by atoms with Gasteiger partial charge in [0.1, 0.15) is 0 Å². The van der Waals surface area contributed by atoms with Crippen molar-refractivity contribution < 1.29 is 8.42 Å². The maximum absolute atomic E-state index is 12.5. The number of aryl methyl sites for hydroxylation is 1. The van der Waals surface area contributed by atoms with Gasteiger partial charge < -0.3 is 0 Å². The van der Waals surface area contributed by atoms with Gasteiger partial charge in [-0.3, -0.25) is 0 Å². The van der Waals surface area contributed by atoms with Crippen LogP contribution < -0.4 is 4.72 Å². The Bertz CT molecular complexity index is 668. The van der Waals surface area contributed by atoms with Crippen LogP contribution in [0, 0.1) is 12.8 Å². The molecule has 0 aliphatic heterocycles. The second-order valence-electron chi connectivity index (χ2n) is 5.47. The Kier molecular flexibility index (Phi) is 3.44. The van der Waals surface area contributed by atoms with E-state index in [0.717, 1.165) is 24.0 Å². The van der Waals surface area contributed by atoms with Gasteiger partial charge in [0, 0.05) is 6.04 Å². The minimum absolute atomic E-state index is 0.101. The van der Waals surface area contributed by atoms with Gasteiger partial charge in [-0.2, -0.15) is 17.7 Å². The van der Waals surface area contributed by atoms with Crippen molar-refractivity contribution in [3.8, 4) is 0 Å². The fourth-order valence-corrected chi connectivity index (χ4v) is 3.71. The molecule has 1 N–H and O–H groups in total. The zero-order chi connectivity index (χ0) is 14.2. The van der Waals surface area contributed by atoms with Gasteiger partial charge in [-0.05, 0) is 37.8 Å². The summed E-state index contributed by atoms with van der Waals surface area (Å²) in [6.45, 7) is 1.95. The minimum atomic E-state index is -3.46. The molecule has 0 aromatic heterocycles. The highest BCUT2D eigenvalue weighted by Gasteiger charge is 2.33. The molecule has 20 heavy (non-hydrogen) atoms. The molecule has 0 radical (unpaired) electrons. The number of nitrogens with one attached hydrogen (secondary N) is 1. The van der Waals surface area contributed by atoms with Crippen molar-refractivity contribution in [1.82, 2.24) is 4.72 Å². The van der Waals surface area contributed by atoms with Crippen LogP contribution in [0.15, 0.2) is 53.4 Å². The molecular weight excluding hydrogens is 270 g/mol. The quantitative estimate of drug-likeness (QED) is 0.859. The van der Waals surface area contributed by atoms with Crippen LogP contribution in [0.1, 0.15) is 30.0 Å². The van der Waals surface area contributed by atoms with Crippen LogP contribution in [0.2, 0.25) is 0 Å². The van der Waals surface area contributed by atoms with Crippen molar-refractivity contribution in [3.63, 3.8) is 0 Å². The van der Waals surface area contributed by atoms with Crippen LogP contribution in [-0.2, 0) is 10.0 Å². The van der Waals surface area contributed by atoms with Gasteiger partial charge in [-0.1, -0.05) is 17.7 Å². The molecule has 0 heterocycles. The van der Waals surface area contributed by atoms with Crippen LogP contribution in [-0.4, -0.2) is 8.42 Å². The van der Waals surface area contributed by atoms with Crippen LogP contribution in [0.4, 0.5) is 0 Å². The predicted molar refractivity (Wildman–Crippen MR) is 79.0 cm³/mol. The largest absolute Gasteiger partial charge is 0.241 e. The maximum atomic E-state index is 12.5. The zero-order valence-corrected chi connectivity index (χ0v) is 12.2. The highest BCUT2D eigenvalue weighted by Crippen LogP contribution is 2.41. The molecule has 3 nitrogen and oxygen atoms in total. The van der Waals surface area contributed by atoms with Crippen LogP contribution in [0.25, 0.3) is 0 Å². The Labute approximate surface area is 120 Å². The van der Waals surface area contributed by atoms with E-state index in [4.69, 9.17) is 0 Å². The number of hydrogen-bond acceptors (Lipinski definition) is 2. The molecule has 1 fully saturated rings. The molecule has 0 saturated heterocycles. The lowest BCUT2D eigenvalue weighted by molar-refractivity contribution is 0.529. The molecule has 1 unspecified atom stereocenters. The third-order valence-electron chi connectivity index (χ3n) is 3.75. The lowest BCUT2D eigenvalue weighted by atomic mass is 10.1. The second kappa shape index (κ2) is 5.11. The predicted octanol–water partition coefficient (Wildman–Crippen LogP) is 3.14. The topological polar surface area (TPSA) is 46.2 Å². The Morgan fingerprint density at radius 2 is 1.90 bits per heavy atom. The summed E-state index contributed by atoms with van der Waals surface area (Å²) in [5.41, 5.74) is 2.11. The molecule has 0 spiro atoms. The Morgan fingerprint density at radius 1 is 1.20 bits per heavy atom. The van der Waals surface area contributed by atoms with E-state index in [1.54, 1.807) is 12.1 Å². The molecule has 3 rings (SSSR count). The first-order valence-electron chi connectivity index (χ1n) is 6.87. The van der Waals surface area contributed by atoms with E-state index in [1.165, 1.54) is 0 Å². The highest BCUT2D eigenvalue weighted by atomic mass is 32.2. The van der Waals surface area contributed by atoms with Gasteiger partial charge in [0.05, 0.1) is 4.90 Å². The molecule has 1 aliphatic rings. The van der Waals surface area contributed by atoms with Crippen molar-refractivity contribution in [3.05, 3.63) is 59.7 Å². The number of hydrogen-bond donors (Lipinski definition) is 1. The van der Waals surface area contributed by atoms with Crippen molar-refractivity contribution in [2.24, 2.45) is 5.92 Å². The van der Waals surface area contributed by atoms with Crippen molar-refractivity contribution in [2.75, 3.05) is 0 Å². The van der Waals surface area contributed by atoms with E-state index in [-0.39, 0.29) is 6.04 Å². The number of sulfonamides is 1. The number of rotatable bonds is 5. The van der Waals surface area contributed by atoms with Crippen LogP contribution in [0.3, 0.4) is 0 Å². The third kappa shape index (κ3) is 2.81. The summed E-state index contributed by atoms with van der Waals surface area (Å²) in [5.74, 6) is 0.428. The molecule has 0 amide bonds. The molecule has 1 atom stereocenters. The molecule has 4 heteroatoms. The Hall–Kier alpha value is -1.52. The average molecular weight is 288 g/mol. The van der Waals surface area contributed by atoms with E-state index < -0.39 is 10.0 Å². The standard InChI is InChI=1S/C16H18NO2S/c1-12-6-10-15(11-7-12)20(18,19)17-16(14-8-9-14)13-4-2-3-5-13/h2-7,10-11,14,16-17H,8-9H2,1H3/q-1. The molecule has 1 aliphatic carbocycles. The molecule has 1 saturated carbocycles. The van der Waals surface area contributed by atoms with Gasteiger partial charge in [-0.15, -0.1) is 0 Å². The average Bonchev–Trinajstić information content (AvgIpc) is 3.11. The Morgan fingerprint density at radius 3 is 2.45 bits per heavy atom. The van der Waals surface area contributed by atoms with Crippen molar-refractivity contribution in [1.29, 1.82) is 0 Å². The van der Waals surface area contributed by atoms with Crippen molar-refractivity contribution in [2.45, 2.75) is 30.7 Å². The van der Waals surface area contributed by atoms with E-state index in [9.17, 15) is 8.42 Å². The summed E-state index contributed by atoms with van der Waals surface area (Å²) >= 11 is 0. The maximum Gasteiger partial charge on any atom is 0.241 e. The van der Waals surface area contributed by atoms with Gasteiger partial charge in [0.15, 0.2) is 0 Å². The van der Waals surface area contributed by atoms with E-state index in [1.807, 2.05) is 43.3 Å². The van der Waals surface area contributed by atoms with Crippen molar-refractivity contribution >= 4 is 10.0 Å². The van der Waals surface area contributed by atoms with Gasteiger partial charge in [0.2, 0.25) is 10.0 Å². The summed E-state index contributed by atoms with van der Waals surface area (Å²) in [7, 11) is -3.46. The molecular formula is C16H18NO2S-. The van der Waals surface area contributed by atoms with Gasteiger partial charge in [0.25, 0.3) is 0 Å². The smallest absolute Gasteiger partial charge is 0.213 e. The summed E-state index contributed by atoms with van der Waals surface area (Å²) in [6.07, 6.45) is 2.18. The van der Waals surface area contributed by atoms with Gasteiger partial charge in [-0.25, -0.2) is 25.3 Å². The first-order chi connectivity index (χ1) is 9.56. The lowest BCUT2D eigenvalue weighted by Crippen LogP contribution is -2.29. The normalized spacial score (nSPS) is 17.1. The third-order valence-corrected chi connectivity index (χ3v) is 5.21. The van der Waals surface area contributed by atoms with Gasteiger partial charge >= 0.3 is 0 Å². The van der Waals surface area contributed by atoms with E-state index >= 15 is 0 Å². The van der Waals surface area contributed by atoms with E-state index in [2.05, 4.69) is 4.72 Å². The molecule has 2 aromatic carbocycles. The molecule has 106 valence electrons. The zero-order valence-electron chi connectivity index (χ0n) is 11.4. The monoisotopic (exact) mass is 288 g/mol. The minimum Gasteiger partial charge on any atom is -0.213 e. The molecule has 2 aromatic rings. The first kappa shape index (κ1) is 13.5. The highest BCUT2D eigenvalue weighted by molar-refractivity contribution is 7.89. The fourth-order valence-electron chi connectivity index (χ4n) is 2.41. The molecule has 0 bridgehead atoms. The SMILES string of the molecule is Cc1ccc(S(=O)(=O)NC(c2ccc[cH-]2)C2CC2)cc1. The summed E-state index contributed by atoms with van der Waals surface area (Å²) < 4.78 is 27.8. The summed E-state index contributed by atoms with van der Waals surface area (Å²) in [4.78, 5) is 0.334. The Balaban J connectivity index is 1.86. The van der Waals surface area contributed by atoms with E-state index in [0.29, 0.717) is 10.8 Å². The first-order valence-corrected chi connectivity index (χ1v) is 8.35. The lowest BCUT2D eigenvalue weighted by Gasteiger charge is -2.20. The second-order valence-corrected chi connectivity index (χ2v) is 7.18. The van der Waals surface area contributed by atoms with Crippen LogP contribution in [0.5, 0.6) is 0 Å².